The molecule has 4 aromatic rings. The Labute approximate surface area is 244 Å². The number of fused-ring (bicyclic) bond motifs is 2. The zero-order valence-electron chi connectivity index (χ0n) is 22.6. The summed E-state index contributed by atoms with van der Waals surface area (Å²) in [5, 5.41) is 14.8. The first-order valence-electron chi connectivity index (χ1n) is 13.5. The van der Waals surface area contributed by atoms with Crippen LogP contribution in [0.2, 0.25) is 0 Å². The Morgan fingerprint density at radius 2 is 2.00 bits per heavy atom. The Morgan fingerprint density at radius 1 is 1.17 bits per heavy atom. The van der Waals surface area contributed by atoms with Crippen molar-refractivity contribution in [3.63, 3.8) is 0 Å². The molecule has 5 atom stereocenters. The number of thiazole rings is 1. The molecule has 0 spiro atoms. The highest BCUT2D eigenvalue weighted by atomic mass is 32.1. The fourth-order valence-corrected chi connectivity index (χ4v) is 6.03. The van der Waals surface area contributed by atoms with Crippen molar-refractivity contribution in [3.8, 4) is 0 Å². The van der Waals surface area contributed by atoms with E-state index in [0.717, 1.165) is 16.9 Å². The van der Waals surface area contributed by atoms with Crippen molar-refractivity contribution < 1.29 is 28.9 Å². The smallest absolute Gasteiger partial charge is 0.347 e. The number of urea groups is 1. The van der Waals surface area contributed by atoms with E-state index in [1.165, 1.54) is 11.8 Å². The van der Waals surface area contributed by atoms with Crippen molar-refractivity contribution >= 4 is 46.4 Å². The molecule has 2 aliphatic rings. The van der Waals surface area contributed by atoms with Gasteiger partial charge in [-0.2, -0.15) is 0 Å². The summed E-state index contributed by atoms with van der Waals surface area (Å²) in [7, 11) is 0. The number of nitrogens with one attached hydrogen (secondary N) is 2. The Balaban J connectivity index is 1.23. The molecule has 1 saturated carbocycles. The molecule has 13 nitrogen and oxygen atoms in total. The van der Waals surface area contributed by atoms with E-state index in [1.54, 1.807) is 6.33 Å². The number of amides is 2. The van der Waals surface area contributed by atoms with Crippen molar-refractivity contribution in [1.29, 1.82) is 0 Å². The maximum atomic E-state index is 12.1. The highest BCUT2D eigenvalue weighted by molar-refractivity contribution is 7.11. The van der Waals surface area contributed by atoms with Crippen LogP contribution in [0.5, 0.6) is 0 Å². The number of aromatic carboxylic acids is 1. The number of anilines is 1. The van der Waals surface area contributed by atoms with Gasteiger partial charge in [0.15, 0.2) is 23.3 Å². The predicted molar refractivity (Wildman–Crippen MR) is 153 cm³/mol. The molecular formula is C28H29N7O6S. The second kappa shape index (κ2) is 12.3. The van der Waals surface area contributed by atoms with Crippen LogP contribution in [0.4, 0.5) is 10.6 Å². The van der Waals surface area contributed by atoms with Crippen LogP contribution < -0.4 is 10.6 Å². The molecule has 2 fully saturated rings. The van der Waals surface area contributed by atoms with Crippen LogP contribution in [-0.4, -0.2) is 73.3 Å². The highest BCUT2D eigenvalue weighted by Crippen LogP contribution is 2.45. The third-order valence-corrected chi connectivity index (χ3v) is 8.09. The number of ether oxygens (including phenoxy) is 3. The summed E-state index contributed by atoms with van der Waals surface area (Å²) in [6.07, 6.45) is 6.37. The van der Waals surface area contributed by atoms with Crippen LogP contribution in [0.3, 0.4) is 0 Å². The van der Waals surface area contributed by atoms with E-state index in [9.17, 15) is 14.7 Å². The minimum atomic E-state index is -1.02. The number of benzene rings is 1. The van der Waals surface area contributed by atoms with Crippen LogP contribution in [0.15, 0.2) is 54.6 Å². The fourth-order valence-electron chi connectivity index (χ4n) is 5.39. The SMILES string of the molecule is CCNC(=O)Nc1ncnc2c1ncn2C1CC(COCc2ncsc2C(=O)O)C2O[C@H](/C=C/c3ccccc3)OC21. The summed E-state index contributed by atoms with van der Waals surface area (Å²) in [5.74, 6) is -0.772. The van der Waals surface area contributed by atoms with Crippen LogP contribution in [0.25, 0.3) is 17.2 Å². The monoisotopic (exact) mass is 591 g/mol. The third-order valence-electron chi connectivity index (χ3n) is 7.23. The summed E-state index contributed by atoms with van der Waals surface area (Å²) in [6, 6.07) is 9.32. The van der Waals surface area contributed by atoms with Gasteiger partial charge in [-0.3, -0.25) is 5.32 Å². The molecule has 1 aliphatic heterocycles. The molecule has 1 aliphatic carbocycles. The molecule has 14 heteroatoms. The minimum absolute atomic E-state index is 0.0609. The number of rotatable bonds is 10. The molecule has 0 radical (unpaired) electrons. The zero-order valence-corrected chi connectivity index (χ0v) is 23.4. The molecule has 218 valence electrons. The summed E-state index contributed by atoms with van der Waals surface area (Å²) in [6.45, 7) is 2.70. The number of hydrogen-bond donors (Lipinski definition) is 3. The van der Waals surface area contributed by atoms with Gasteiger partial charge in [0.1, 0.15) is 17.3 Å². The molecule has 42 heavy (non-hydrogen) atoms. The maximum absolute atomic E-state index is 12.1. The Hall–Kier alpha value is -4.24. The van der Waals surface area contributed by atoms with Crippen LogP contribution in [0, 0.1) is 5.92 Å². The number of nitrogens with zero attached hydrogens (tertiary/aromatic N) is 5. The quantitative estimate of drug-likeness (QED) is 0.248. The summed E-state index contributed by atoms with van der Waals surface area (Å²) >= 11 is 1.07. The second-order valence-corrected chi connectivity index (χ2v) is 10.7. The first-order chi connectivity index (χ1) is 20.5. The molecule has 6 rings (SSSR count). The third kappa shape index (κ3) is 5.74. The van der Waals surface area contributed by atoms with Crippen molar-refractivity contribution in [2.45, 2.75) is 44.5 Å². The lowest BCUT2D eigenvalue weighted by Crippen LogP contribution is -2.29. The lowest BCUT2D eigenvalue weighted by atomic mass is 10.1. The van der Waals surface area contributed by atoms with Gasteiger partial charge in [-0.1, -0.05) is 36.4 Å². The lowest BCUT2D eigenvalue weighted by Gasteiger charge is -2.19. The van der Waals surface area contributed by atoms with Gasteiger partial charge in [-0.15, -0.1) is 11.3 Å². The Morgan fingerprint density at radius 3 is 2.81 bits per heavy atom. The highest BCUT2D eigenvalue weighted by Gasteiger charge is 2.52. The number of hydrogen-bond acceptors (Lipinski definition) is 10. The van der Waals surface area contributed by atoms with E-state index in [2.05, 4.69) is 30.6 Å². The first-order valence-corrected chi connectivity index (χ1v) is 14.4. The molecule has 2 amide bonds. The van der Waals surface area contributed by atoms with E-state index in [1.807, 2.05) is 54.0 Å². The van der Waals surface area contributed by atoms with Gasteiger partial charge >= 0.3 is 12.0 Å². The molecule has 0 bridgehead atoms. The van der Waals surface area contributed by atoms with E-state index in [-0.39, 0.29) is 41.7 Å². The van der Waals surface area contributed by atoms with E-state index >= 15 is 0 Å². The van der Waals surface area contributed by atoms with E-state index in [0.29, 0.717) is 42.2 Å². The van der Waals surface area contributed by atoms with Gasteiger partial charge in [-0.05, 0) is 25.0 Å². The average molecular weight is 592 g/mol. The van der Waals surface area contributed by atoms with Gasteiger partial charge < -0.3 is 29.2 Å². The van der Waals surface area contributed by atoms with Gasteiger partial charge in [0.25, 0.3) is 0 Å². The normalized spacial score (nSPS) is 23.4. The first kappa shape index (κ1) is 27.9. The number of carboxylic acid groups (broad SMARTS) is 1. The van der Waals surface area contributed by atoms with E-state index in [4.69, 9.17) is 14.2 Å². The number of carbonyl (C=O) groups excluding carboxylic acids is 1. The van der Waals surface area contributed by atoms with Crippen molar-refractivity contribution in [2.24, 2.45) is 5.92 Å². The molecule has 4 heterocycles. The lowest BCUT2D eigenvalue weighted by molar-refractivity contribution is -0.0587. The molecule has 3 aromatic heterocycles. The van der Waals surface area contributed by atoms with Gasteiger partial charge in [0.2, 0.25) is 0 Å². The predicted octanol–water partition coefficient (Wildman–Crippen LogP) is 3.72. The summed E-state index contributed by atoms with van der Waals surface area (Å²) in [4.78, 5) is 41.1. The number of imidazole rings is 1. The minimum Gasteiger partial charge on any atom is -0.477 e. The van der Waals surface area contributed by atoms with Crippen LogP contribution >= 0.6 is 11.3 Å². The topological polar surface area (TPSA) is 163 Å². The van der Waals surface area contributed by atoms with Gasteiger partial charge in [0.05, 0.1) is 42.9 Å². The summed E-state index contributed by atoms with van der Waals surface area (Å²) < 4.78 is 20.7. The number of aromatic nitrogens is 5. The zero-order chi connectivity index (χ0) is 29.1. The fraction of sp³-hybridized carbons (Fsp3) is 0.357. The Bertz CT molecular complexity index is 1590. The molecule has 3 N–H and O–H groups in total. The average Bonchev–Trinajstić information content (AvgIpc) is 3.77. The number of carboxylic acids is 1. The largest absolute Gasteiger partial charge is 0.477 e. The molecule has 4 unspecified atom stereocenters. The van der Waals surface area contributed by atoms with Gasteiger partial charge in [0, 0.05) is 12.5 Å². The molecule has 1 saturated heterocycles. The van der Waals surface area contributed by atoms with Crippen LogP contribution in [0.1, 0.15) is 40.3 Å². The van der Waals surface area contributed by atoms with Crippen LogP contribution in [-0.2, 0) is 20.8 Å². The molecular weight excluding hydrogens is 562 g/mol. The number of carbonyl (C=O) groups is 2. The van der Waals surface area contributed by atoms with Crippen molar-refractivity contribution in [3.05, 3.63) is 70.7 Å². The van der Waals surface area contributed by atoms with Gasteiger partial charge in [-0.25, -0.2) is 29.5 Å². The Kier molecular flexibility index (Phi) is 8.19. The second-order valence-electron chi connectivity index (χ2n) is 9.88. The standard InChI is InChI=1S/C28H29N7O6S/c1-2-29-28(38)34-25-21-26(31-13-30-25)35(14-32-21)19-10-17(11-39-12-18-24(27(36)37)42-15-33-18)22-23(19)41-20(40-22)9-8-16-6-4-3-5-7-16/h3-9,13-15,17,19-20,22-23H,2,10-12H2,1H3,(H,36,37)(H2,29,30,31,34,38)/b9-8+/t17?,19?,20-,22?,23?/m0/s1. The molecule has 1 aromatic carbocycles. The van der Waals surface area contributed by atoms with E-state index < -0.39 is 12.3 Å². The van der Waals surface area contributed by atoms with Crippen molar-refractivity contribution in [1.82, 2.24) is 29.8 Å². The van der Waals surface area contributed by atoms with Crippen molar-refractivity contribution in [2.75, 3.05) is 18.5 Å². The maximum Gasteiger partial charge on any atom is 0.347 e. The summed E-state index contributed by atoms with van der Waals surface area (Å²) in [5.41, 5.74) is 3.95.